The number of para-hydroxylation sites is 1. The van der Waals surface area contributed by atoms with Crippen molar-refractivity contribution in [3.63, 3.8) is 0 Å². The molecule has 29 heavy (non-hydrogen) atoms. The van der Waals surface area contributed by atoms with E-state index in [9.17, 15) is 4.79 Å². The van der Waals surface area contributed by atoms with Crippen molar-refractivity contribution < 1.29 is 9.53 Å². The fourth-order valence-electron chi connectivity index (χ4n) is 4.07. The van der Waals surface area contributed by atoms with Crippen molar-refractivity contribution in [2.75, 3.05) is 20.3 Å². The minimum Gasteiger partial charge on any atom is -0.383 e. The smallest absolute Gasteiger partial charge is 0.210 e. The summed E-state index contributed by atoms with van der Waals surface area (Å²) in [4.78, 5) is 13.9. The molecule has 1 amide bonds. The van der Waals surface area contributed by atoms with Crippen molar-refractivity contribution in [2.24, 2.45) is 7.05 Å². The monoisotopic (exact) mass is 394 g/mol. The van der Waals surface area contributed by atoms with E-state index in [1.807, 2.05) is 24.8 Å². The van der Waals surface area contributed by atoms with Gasteiger partial charge in [0.1, 0.15) is 0 Å². The van der Waals surface area contributed by atoms with E-state index < -0.39 is 0 Å². The van der Waals surface area contributed by atoms with E-state index >= 15 is 0 Å². The van der Waals surface area contributed by atoms with Crippen LogP contribution in [0.3, 0.4) is 0 Å². The van der Waals surface area contributed by atoms with Crippen molar-refractivity contribution in [3.05, 3.63) is 71.4 Å². The highest BCUT2D eigenvalue weighted by Crippen LogP contribution is 2.39. The molecule has 3 aromatic rings. The normalized spacial score (nSPS) is 12.8. The molecule has 0 bridgehead atoms. The SMILES string of the molecule is CC.COCCN(C=O)C(c1cn(C)c2ccccc12)C(C)c1ccccc1C. The number of nitrogens with zero attached hydrogens (tertiary/aromatic N) is 2. The van der Waals surface area contributed by atoms with Gasteiger partial charge in [-0.3, -0.25) is 4.79 Å². The topological polar surface area (TPSA) is 34.5 Å². The van der Waals surface area contributed by atoms with Gasteiger partial charge in [-0.2, -0.15) is 0 Å². The number of hydrogen-bond donors (Lipinski definition) is 0. The van der Waals surface area contributed by atoms with Gasteiger partial charge in [-0.05, 0) is 24.1 Å². The molecule has 0 radical (unpaired) electrons. The lowest BCUT2D eigenvalue weighted by Crippen LogP contribution is -2.33. The highest BCUT2D eigenvalue weighted by Gasteiger charge is 2.29. The molecule has 1 heterocycles. The Labute approximate surface area is 175 Å². The van der Waals surface area contributed by atoms with Crippen LogP contribution in [0.5, 0.6) is 0 Å². The summed E-state index contributed by atoms with van der Waals surface area (Å²) in [6.07, 6.45) is 3.12. The van der Waals surface area contributed by atoms with E-state index in [2.05, 4.69) is 74.1 Å². The molecule has 0 aliphatic heterocycles. The van der Waals surface area contributed by atoms with Gasteiger partial charge < -0.3 is 14.2 Å². The van der Waals surface area contributed by atoms with Gasteiger partial charge in [0, 0.05) is 49.3 Å². The molecule has 2 atom stereocenters. The molecular formula is C25H34N2O2. The summed E-state index contributed by atoms with van der Waals surface area (Å²) in [6, 6.07) is 16.7. The molecular weight excluding hydrogens is 360 g/mol. The Hall–Kier alpha value is -2.59. The quantitative estimate of drug-likeness (QED) is 0.475. The predicted octanol–water partition coefficient (Wildman–Crippen LogP) is 5.46. The van der Waals surface area contributed by atoms with Crippen LogP contribution in [0.2, 0.25) is 0 Å². The third-order valence-corrected chi connectivity index (χ3v) is 5.45. The van der Waals surface area contributed by atoms with Crippen molar-refractivity contribution in [1.29, 1.82) is 0 Å². The summed E-state index contributed by atoms with van der Waals surface area (Å²) in [7, 11) is 3.72. The lowest BCUT2D eigenvalue weighted by atomic mass is 9.85. The van der Waals surface area contributed by atoms with Gasteiger partial charge in [0.2, 0.25) is 6.41 Å². The number of fused-ring (bicyclic) bond motifs is 1. The van der Waals surface area contributed by atoms with Gasteiger partial charge in [0.05, 0.1) is 12.6 Å². The third-order valence-electron chi connectivity index (χ3n) is 5.45. The molecule has 4 nitrogen and oxygen atoms in total. The number of benzene rings is 2. The molecule has 0 saturated heterocycles. The summed E-state index contributed by atoms with van der Waals surface area (Å²) >= 11 is 0. The molecule has 0 saturated carbocycles. The number of aryl methyl sites for hydroxylation is 2. The molecule has 0 spiro atoms. The zero-order valence-corrected chi connectivity index (χ0v) is 18.6. The summed E-state index contributed by atoms with van der Waals surface area (Å²) < 4.78 is 7.40. The average molecular weight is 395 g/mol. The van der Waals surface area contributed by atoms with Crippen LogP contribution in [0.4, 0.5) is 0 Å². The van der Waals surface area contributed by atoms with Gasteiger partial charge >= 0.3 is 0 Å². The highest BCUT2D eigenvalue weighted by atomic mass is 16.5. The van der Waals surface area contributed by atoms with E-state index in [4.69, 9.17) is 4.74 Å². The Morgan fingerprint density at radius 2 is 1.72 bits per heavy atom. The van der Waals surface area contributed by atoms with Crippen LogP contribution in [-0.4, -0.2) is 36.1 Å². The molecule has 0 N–H and O–H groups in total. The van der Waals surface area contributed by atoms with Crippen LogP contribution in [0.15, 0.2) is 54.7 Å². The number of carbonyl (C=O) groups excluding carboxylic acids is 1. The van der Waals surface area contributed by atoms with E-state index in [-0.39, 0.29) is 12.0 Å². The van der Waals surface area contributed by atoms with Gasteiger partial charge in [-0.15, -0.1) is 0 Å². The highest BCUT2D eigenvalue weighted by molar-refractivity contribution is 5.84. The first kappa shape index (κ1) is 22.7. The van der Waals surface area contributed by atoms with Crippen LogP contribution in [0.25, 0.3) is 10.9 Å². The Bertz CT molecular complexity index is 916. The van der Waals surface area contributed by atoms with Crippen molar-refractivity contribution in [2.45, 2.75) is 39.7 Å². The van der Waals surface area contributed by atoms with Crippen molar-refractivity contribution in [3.8, 4) is 0 Å². The van der Waals surface area contributed by atoms with Crippen LogP contribution in [-0.2, 0) is 16.6 Å². The molecule has 156 valence electrons. The minimum absolute atomic E-state index is 0.0650. The molecule has 4 heteroatoms. The largest absolute Gasteiger partial charge is 0.383 e. The molecule has 1 aromatic heterocycles. The van der Waals surface area contributed by atoms with E-state index in [1.165, 1.54) is 27.6 Å². The number of aromatic nitrogens is 1. The van der Waals surface area contributed by atoms with Crippen molar-refractivity contribution in [1.82, 2.24) is 9.47 Å². The second-order valence-corrected chi connectivity index (χ2v) is 7.14. The first-order valence-corrected chi connectivity index (χ1v) is 10.4. The fraction of sp³-hybridized carbons (Fsp3) is 0.400. The lowest BCUT2D eigenvalue weighted by Gasteiger charge is -2.34. The maximum Gasteiger partial charge on any atom is 0.210 e. The third kappa shape index (κ3) is 4.88. The first-order chi connectivity index (χ1) is 14.1. The van der Waals surface area contributed by atoms with Crippen LogP contribution >= 0.6 is 0 Å². The Balaban J connectivity index is 0.00000145. The maximum absolute atomic E-state index is 12.1. The van der Waals surface area contributed by atoms with E-state index in [0.717, 1.165) is 6.41 Å². The average Bonchev–Trinajstić information content (AvgIpc) is 3.09. The van der Waals surface area contributed by atoms with E-state index in [0.29, 0.717) is 13.2 Å². The number of ether oxygens (including phenoxy) is 1. The zero-order chi connectivity index (χ0) is 21.4. The Morgan fingerprint density at radius 3 is 2.38 bits per heavy atom. The predicted molar refractivity (Wildman–Crippen MR) is 121 cm³/mol. The second-order valence-electron chi connectivity index (χ2n) is 7.14. The molecule has 0 aliphatic carbocycles. The number of carbonyl (C=O) groups is 1. The molecule has 0 aliphatic rings. The fourth-order valence-corrected chi connectivity index (χ4v) is 4.07. The number of rotatable bonds is 8. The van der Waals surface area contributed by atoms with Crippen LogP contribution in [0, 0.1) is 6.92 Å². The summed E-state index contributed by atoms with van der Waals surface area (Å²) in [5, 5.41) is 1.19. The minimum atomic E-state index is -0.0650. The zero-order valence-electron chi connectivity index (χ0n) is 18.6. The first-order valence-electron chi connectivity index (χ1n) is 10.4. The number of methoxy groups -OCH3 is 1. The molecule has 2 aromatic carbocycles. The van der Waals surface area contributed by atoms with Gasteiger partial charge in [0.15, 0.2) is 0 Å². The summed E-state index contributed by atoms with van der Waals surface area (Å²) in [5.41, 5.74) is 4.85. The molecule has 0 fully saturated rings. The second kappa shape index (κ2) is 10.8. The van der Waals surface area contributed by atoms with Crippen LogP contribution in [0.1, 0.15) is 49.4 Å². The maximum atomic E-state index is 12.1. The number of hydrogen-bond acceptors (Lipinski definition) is 2. The van der Waals surface area contributed by atoms with Gasteiger partial charge in [0.25, 0.3) is 0 Å². The number of amides is 1. The van der Waals surface area contributed by atoms with E-state index in [1.54, 1.807) is 7.11 Å². The Morgan fingerprint density at radius 1 is 1.07 bits per heavy atom. The van der Waals surface area contributed by atoms with Crippen LogP contribution < -0.4 is 0 Å². The molecule has 3 rings (SSSR count). The summed E-state index contributed by atoms with van der Waals surface area (Å²) in [5.74, 6) is 0.152. The van der Waals surface area contributed by atoms with Gasteiger partial charge in [-0.25, -0.2) is 0 Å². The standard InChI is InChI=1S/C23H28N2O2.C2H6/c1-17-9-5-6-10-19(17)18(2)23(25(16-26)13-14-27-4)21-15-24(3)22-12-8-7-11-20(21)22;1-2/h5-12,15-16,18,23H,13-14H2,1-4H3;1-2H3. The summed E-state index contributed by atoms with van der Waals surface area (Å²) in [6.45, 7) is 9.41. The van der Waals surface area contributed by atoms with Crippen molar-refractivity contribution >= 4 is 17.3 Å². The Kier molecular flexibility index (Phi) is 8.47. The van der Waals surface area contributed by atoms with Gasteiger partial charge in [-0.1, -0.05) is 63.2 Å². The lowest BCUT2D eigenvalue weighted by molar-refractivity contribution is -0.121. The molecule has 2 unspecified atom stereocenters.